The van der Waals surface area contributed by atoms with Crippen molar-refractivity contribution >= 4 is 0 Å². The van der Waals surface area contributed by atoms with Crippen molar-refractivity contribution in [3.8, 4) is 11.5 Å². The Morgan fingerprint density at radius 2 is 1.72 bits per heavy atom. The fourth-order valence-electron chi connectivity index (χ4n) is 2.11. The van der Waals surface area contributed by atoms with Crippen LogP contribution in [0, 0.1) is 5.92 Å². The molecule has 93 valence electrons. The molecule has 2 rings (SSSR count). The zero-order chi connectivity index (χ0) is 13.0. The van der Waals surface area contributed by atoms with Crippen LogP contribution in [0.5, 0.6) is 11.5 Å². The highest BCUT2D eigenvalue weighted by molar-refractivity contribution is 5.52. The van der Waals surface area contributed by atoms with E-state index in [1.54, 1.807) is 19.2 Å². The molecule has 0 saturated heterocycles. The lowest BCUT2D eigenvalue weighted by molar-refractivity contribution is 0.411. The number of rotatable bonds is 4. The summed E-state index contributed by atoms with van der Waals surface area (Å²) in [6, 6.07) is 15.3. The van der Waals surface area contributed by atoms with E-state index >= 15 is 0 Å². The standard InChI is InChI=1S/C16H17O2/c1-3-14(12-8-10-13(17)11-9-12)15-6-4-5-7-16(15)18-2/h4-11,17H,3H2,1-2H3. The smallest absolute Gasteiger partial charge is 0.123 e. The lowest BCUT2D eigenvalue weighted by atomic mass is 9.88. The number of hydrogen-bond acceptors (Lipinski definition) is 2. The molecule has 1 N–H and O–H groups in total. The highest BCUT2D eigenvalue weighted by Gasteiger charge is 2.16. The van der Waals surface area contributed by atoms with Crippen molar-refractivity contribution in [2.24, 2.45) is 0 Å². The van der Waals surface area contributed by atoms with Gasteiger partial charge in [-0.15, -0.1) is 0 Å². The molecule has 0 aliphatic rings. The summed E-state index contributed by atoms with van der Waals surface area (Å²) in [5.74, 6) is 2.38. The van der Waals surface area contributed by atoms with Crippen LogP contribution < -0.4 is 4.74 Å². The highest BCUT2D eigenvalue weighted by atomic mass is 16.5. The molecule has 18 heavy (non-hydrogen) atoms. The second-order valence-electron chi connectivity index (χ2n) is 4.08. The molecule has 2 aromatic carbocycles. The van der Waals surface area contributed by atoms with Crippen molar-refractivity contribution in [2.75, 3.05) is 7.11 Å². The van der Waals surface area contributed by atoms with Crippen molar-refractivity contribution in [3.05, 3.63) is 65.6 Å². The minimum atomic E-state index is 0.286. The SMILES string of the molecule is CC[C](c1ccc(O)cc1)c1ccccc1OC. The van der Waals surface area contributed by atoms with Gasteiger partial charge in [-0.2, -0.15) is 0 Å². The zero-order valence-electron chi connectivity index (χ0n) is 10.7. The summed E-state index contributed by atoms with van der Waals surface area (Å²) in [6.45, 7) is 2.12. The second kappa shape index (κ2) is 5.58. The first-order valence-electron chi connectivity index (χ1n) is 6.05. The third-order valence-corrected chi connectivity index (χ3v) is 3.00. The third-order valence-electron chi connectivity index (χ3n) is 3.00. The maximum Gasteiger partial charge on any atom is 0.123 e. The largest absolute Gasteiger partial charge is 0.508 e. The summed E-state index contributed by atoms with van der Waals surface area (Å²) in [5, 5.41) is 9.35. The van der Waals surface area contributed by atoms with Gasteiger partial charge in [0, 0.05) is 11.5 Å². The van der Waals surface area contributed by atoms with Crippen molar-refractivity contribution in [1.29, 1.82) is 0 Å². The Labute approximate surface area is 108 Å². The first-order valence-corrected chi connectivity index (χ1v) is 6.05. The third kappa shape index (κ3) is 2.48. The Kier molecular flexibility index (Phi) is 3.88. The number of benzene rings is 2. The van der Waals surface area contributed by atoms with Gasteiger partial charge in [-0.3, -0.25) is 0 Å². The minimum absolute atomic E-state index is 0.286. The molecule has 0 heterocycles. The monoisotopic (exact) mass is 241 g/mol. The fourth-order valence-corrected chi connectivity index (χ4v) is 2.11. The van der Waals surface area contributed by atoms with Gasteiger partial charge in [-0.25, -0.2) is 0 Å². The fraction of sp³-hybridized carbons (Fsp3) is 0.188. The lowest BCUT2D eigenvalue weighted by Crippen LogP contribution is -2.03. The van der Waals surface area contributed by atoms with Crippen LogP contribution in [0.15, 0.2) is 48.5 Å². The molecule has 2 nitrogen and oxygen atoms in total. The van der Waals surface area contributed by atoms with Gasteiger partial charge in [0.05, 0.1) is 7.11 Å². The molecule has 0 spiro atoms. The molecule has 2 heteroatoms. The van der Waals surface area contributed by atoms with Crippen molar-refractivity contribution in [2.45, 2.75) is 13.3 Å². The number of ether oxygens (including phenoxy) is 1. The Balaban J connectivity index is 2.41. The average molecular weight is 241 g/mol. The van der Waals surface area contributed by atoms with Crippen LogP contribution in [0.4, 0.5) is 0 Å². The maximum absolute atomic E-state index is 9.35. The molecule has 0 unspecified atom stereocenters. The number of hydrogen-bond donors (Lipinski definition) is 1. The van der Waals surface area contributed by atoms with Gasteiger partial charge >= 0.3 is 0 Å². The van der Waals surface area contributed by atoms with Crippen LogP contribution in [0.2, 0.25) is 0 Å². The molecule has 1 radical (unpaired) electrons. The van der Waals surface area contributed by atoms with Crippen LogP contribution in [0.3, 0.4) is 0 Å². The van der Waals surface area contributed by atoms with E-state index in [4.69, 9.17) is 4.74 Å². The first-order chi connectivity index (χ1) is 8.76. The molecule has 0 fully saturated rings. The Bertz CT molecular complexity index is 503. The van der Waals surface area contributed by atoms with Crippen LogP contribution in [0.25, 0.3) is 0 Å². The number of para-hydroxylation sites is 1. The second-order valence-corrected chi connectivity index (χ2v) is 4.08. The predicted molar refractivity (Wildman–Crippen MR) is 72.8 cm³/mol. The summed E-state index contributed by atoms with van der Waals surface area (Å²) in [5.41, 5.74) is 2.22. The van der Waals surface area contributed by atoms with E-state index in [1.807, 2.05) is 30.3 Å². The normalized spacial score (nSPS) is 10.6. The first kappa shape index (κ1) is 12.5. The van der Waals surface area contributed by atoms with Gasteiger partial charge in [0.2, 0.25) is 0 Å². The van der Waals surface area contributed by atoms with E-state index in [9.17, 15) is 5.11 Å². The summed E-state index contributed by atoms with van der Waals surface area (Å²) in [6.07, 6.45) is 0.908. The Morgan fingerprint density at radius 3 is 2.33 bits per heavy atom. The van der Waals surface area contributed by atoms with Crippen molar-refractivity contribution < 1.29 is 9.84 Å². The molecule has 0 aliphatic carbocycles. The van der Waals surface area contributed by atoms with Crippen LogP contribution in [0.1, 0.15) is 24.5 Å². The van der Waals surface area contributed by atoms with Gasteiger partial charge in [0.25, 0.3) is 0 Å². The molecule has 0 bridgehead atoms. The van der Waals surface area contributed by atoms with E-state index in [1.165, 1.54) is 5.92 Å². The molecule has 0 amide bonds. The number of methoxy groups -OCH3 is 1. The van der Waals surface area contributed by atoms with Crippen molar-refractivity contribution in [1.82, 2.24) is 0 Å². The van der Waals surface area contributed by atoms with Crippen LogP contribution in [-0.4, -0.2) is 12.2 Å². The van der Waals surface area contributed by atoms with Gasteiger partial charge in [-0.05, 0) is 30.2 Å². The predicted octanol–water partition coefficient (Wildman–Crippen LogP) is 3.78. The lowest BCUT2D eigenvalue weighted by Gasteiger charge is -2.18. The molecule has 0 aromatic heterocycles. The van der Waals surface area contributed by atoms with Crippen LogP contribution in [-0.2, 0) is 0 Å². The number of phenols is 1. The van der Waals surface area contributed by atoms with E-state index in [2.05, 4.69) is 13.0 Å². The average Bonchev–Trinajstić information content (AvgIpc) is 2.42. The Hall–Kier alpha value is -1.96. The minimum Gasteiger partial charge on any atom is -0.508 e. The van der Waals surface area contributed by atoms with E-state index in [0.29, 0.717) is 0 Å². The maximum atomic E-state index is 9.35. The summed E-state index contributed by atoms with van der Waals surface area (Å²) < 4.78 is 5.40. The van der Waals surface area contributed by atoms with E-state index in [0.717, 1.165) is 23.3 Å². The quantitative estimate of drug-likeness (QED) is 0.882. The number of aromatic hydroxyl groups is 1. The van der Waals surface area contributed by atoms with Crippen LogP contribution >= 0.6 is 0 Å². The molecule has 0 saturated carbocycles. The topological polar surface area (TPSA) is 29.5 Å². The van der Waals surface area contributed by atoms with E-state index < -0.39 is 0 Å². The van der Waals surface area contributed by atoms with Crippen molar-refractivity contribution in [3.63, 3.8) is 0 Å². The van der Waals surface area contributed by atoms with Gasteiger partial charge in [0.1, 0.15) is 11.5 Å². The summed E-state index contributed by atoms with van der Waals surface area (Å²) >= 11 is 0. The van der Waals surface area contributed by atoms with Gasteiger partial charge < -0.3 is 9.84 Å². The summed E-state index contributed by atoms with van der Waals surface area (Å²) in [7, 11) is 1.68. The molecule has 0 atom stereocenters. The van der Waals surface area contributed by atoms with Gasteiger partial charge in [0.15, 0.2) is 0 Å². The Morgan fingerprint density at radius 1 is 1.06 bits per heavy atom. The number of phenolic OH excluding ortho intramolecular Hbond substituents is 1. The highest BCUT2D eigenvalue weighted by Crippen LogP contribution is 2.33. The molecular formula is C16H17O2. The van der Waals surface area contributed by atoms with E-state index in [-0.39, 0.29) is 5.75 Å². The summed E-state index contributed by atoms with van der Waals surface area (Å²) in [4.78, 5) is 0. The molecular weight excluding hydrogens is 224 g/mol. The van der Waals surface area contributed by atoms with Gasteiger partial charge in [-0.1, -0.05) is 37.3 Å². The molecule has 2 aromatic rings. The molecule has 0 aliphatic heterocycles. The zero-order valence-corrected chi connectivity index (χ0v) is 10.7.